The summed E-state index contributed by atoms with van der Waals surface area (Å²) in [7, 11) is 0. The SMILES string of the molecule is CC(C)N(c1c(F)c(Oc2cccc(C(=N)N)c2)nc(Oc2ccc(-c3ccsc3)cc2C(=O)O)c1F)C(C)C.O=C(O)C(F)(F)F. The first-order chi connectivity index (χ1) is 21.9. The van der Waals surface area contributed by atoms with Crippen molar-refractivity contribution in [2.75, 3.05) is 4.90 Å². The summed E-state index contributed by atoms with van der Waals surface area (Å²) in [5, 5.41) is 28.4. The third-order valence-electron chi connectivity index (χ3n) is 6.24. The van der Waals surface area contributed by atoms with Gasteiger partial charge in [0, 0.05) is 17.6 Å². The Morgan fingerprint density at radius 3 is 2.02 bits per heavy atom. The van der Waals surface area contributed by atoms with Gasteiger partial charge in [0.05, 0.1) is 0 Å². The summed E-state index contributed by atoms with van der Waals surface area (Å²) in [5.41, 5.74) is 6.70. The zero-order valence-electron chi connectivity index (χ0n) is 25.2. The molecule has 0 unspecified atom stereocenters. The lowest BCUT2D eigenvalue weighted by Gasteiger charge is -2.33. The molecule has 0 aliphatic heterocycles. The van der Waals surface area contributed by atoms with Gasteiger partial charge in [-0.05, 0) is 79.9 Å². The van der Waals surface area contributed by atoms with E-state index in [-0.39, 0.29) is 35.0 Å². The van der Waals surface area contributed by atoms with Gasteiger partial charge in [-0.1, -0.05) is 18.2 Å². The Morgan fingerprint density at radius 2 is 1.53 bits per heavy atom. The molecule has 16 heteroatoms. The van der Waals surface area contributed by atoms with E-state index in [1.165, 1.54) is 40.5 Å². The van der Waals surface area contributed by atoms with Crippen molar-refractivity contribution >= 4 is 34.8 Å². The summed E-state index contributed by atoms with van der Waals surface area (Å²) < 4.78 is 75.1. The molecule has 0 saturated carbocycles. The number of carbonyl (C=O) groups is 2. The number of hydrogen-bond donors (Lipinski definition) is 4. The molecule has 0 aliphatic rings. The van der Waals surface area contributed by atoms with Crippen LogP contribution in [-0.4, -0.2) is 51.2 Å². The van der Waals surface area contributed by atoms with Gasteiger partial charge in [-0.25, -0.2) is 9.59 Å². The molecule has 0 bridgehead atoms. The third-order valence-corrected chi connectivity index (χ3v) is 6.92. The topological polar surface area (TPSA) is 159 Å². The van der Waals surface area contributed by atoms with E-state index < -0.39 is 47.2 Å². The highest BCUT2D eigenvalue weighted by Gasteiger charge is 2.38. The number of thiophene rings is 1. The van der Waals surface area contributed by atoms with Crippen LogP contribution in [0, 0.1) is 17.0 Å². The van der Waals surface area contributed by atoms with Crippen molar-refractivity contribution in [3.8, 4) is 34.4 Å². The first kappa shape index (κ1) is 36.2. The van der Waals surface area contributed by atoms with Crippen LogP contribution in [0.15, 0.2) is 59.3 Å². The second-order valence-corrected chi connectivity index (χ2v) is 11.1. The van der Waals surface area contributed by atoms with E-state index in [1.807, 2.05) is 16.8 Å². The fourth-order valence-electron chi connectivity index (χ4n) is 4.30. The van der Waals surface area contributed by atoms with Crippen LogP contribution in [0.4, 0.5) is 27.6 Å². The van der Waals surface area contributed by atoms with E-state index in [1.54, 1.807) is 45.9 Å². The Bertz CT molecular complexity index is 1760. The van der Waals surface area contributed by atoms with Gasteiger partial charge in [0.25, 0.3) is 11.8 Å². The molecule has 2 aromatic carbocycles. The summed E-state index contributed by atoms with van der Waals surface area (Å²) in [6, 6.07) is 11.7. The van der Waals surface area contributed by atoms with Gasteiger partial charge in [-0.2, -0.15) is 38.3 Å². The summed E-state index contributed by atoms with van der Waals surface area (Å²) >= 11 is 1.46. The van der Waals surface area contributed by atoms with Gasteiger partial charge in [-0.3, -0.25) is 5.41 Å². The second-order valence-electron chi connectivity index (χ2n) is 10.3. The van der Waals surface area contributed by atoms with E-state index in [4.69, 9.17) is 30.5 Å². The molecule has 0 aliphatic carbocycles. The molecule has 0 spiro atoms. The summed E-state index contributed by atoms with van der Waals surface area (Å²) in [5.74, 6) is -7.77. The Balaban J connectivity index is 0.000000771. The van der Waals surface area contributed by atoms with E-state index in [9.17, 15) is 23.1 Å². The lowest BCUT2D eigenvalue weighted by Crippen LogP contribution is -2.38. The molecule has 10 nitrogen and oxygen atoms in total. The molecule has 250 valence electrons. The van der Waals surface area contributed by atoms with Crippen LogP contribution in [-0.2, 0) is 4.79 Å². The summed E-state index contributed by atoms with van der Waals surface area (Å²) in [6.45, 7) is 7.12. The molecule has 0 saturated heterocycles. The van der Waals surface area contributed by atoms with Crippen LogP contribution >= 0.6 is 11.3 Å². The average molecular weight is 681 g/mol. The van der Waals surface area contributed by atoms with Gasteiger partial charge < -0.3 is 30.3 Å². The number of nitrogen functional groups attached to an aromatic ring is 1. The highest BCUT2D eigenvalue weighted by atomic mass is 32.1. The largest absolute Gasteiger partial charge is 0.490 e. The molecule has 0 atom stereocenters. The standard InChI is InChI=1S/C29H28F2N4O4S.C2HF3O2/c1-15(2)35(16(3)4)25-23(30)27(38-20-7-5-6-18(12-20)26(32)33)34-28(24(25)31)39-22-9-8-17(13-21(22)29(36)37)19-10-11-40-14-19;3-2(4,5)1(6)7/h5-16H,1-4H3,(H3,32,33)(H,36,37);(H,6,7). The molecule has 2 heterocycles. The number of rotatable bonds is 10. The zero-order chi connectivity index (χ0) is 35.2. The maximum Gasteiger partial charge on any atom is 0.490 e. The first-order valence-electron chi connectivity index (χ1n) is 13.6. The molecule has 2 aromatic heterocycles. The van der Waals surface area contributed by atoms with Crippen molar-refractivity contribution in [2.24, 2.45) is 5.73 Å². The molecule has 5 N–H and O–H groups in total. The number of benzene rings is 2. The van der Waals surface area contributed by atoms with Crippen molar-refractivity contribution in [3.05, 3.63) is 82.1 Å². The number of carboxylic acids is 2. The number of nitrogens with zero attached hydrogens (tertiary/aromatic N) is 2. The number of carboxylic acid groups (broad SMARTS) is 2. The minimum absolute atomic E-state index is 0.106. The molecule has 0 amide bonds. The van der Waals surface area contributed by atoms with Gasteiger partial charge >= 0.3 is 18.1 Å². The van der Waals surface area contributed by atoms with Crippen molar-refractivity contribution in [1.82, 2.24) is 4.98 Å². The normalized spacial score (nSPS) is 11.1. The molecule has 0 fully saturated rings. The van der Waals surface area contributed by atoms with Crippen LogP contribution in [0.3, 0.4) is 0 Å². The lowest BCUT2D eigenvalue weighted by atomic mass is 10.1. The number of aliphatic carboxylic acids is 1. The fraction of sp³-hybridized carbons (Fsp3) is 0.226. The van der Waals surface area contributed by atoms with Gasteiger partial charge in [0.2, 0.25) is 11.6 Å². The predicted octanol–water partition coefficient (Wildman–Crippen LogP) is 7.91. The van der Waals surface area contributed by atoms with Crippen LogP contribution in [0.1, 0.15) is 43.6 Å². The number of aromatic nitrogens is 1. The number of alkyl halides is 3. The van der Waals surface area contributed by atoms with Crippen LogP contribution in [0.25, 0.3) is 11.1 Å². The third kappa shape index (κ3) is 8.94. The highest BCUT2D eigenvalue weighted by Crippen LogP contribution is 2.40. The van der Waals surface area contributed by atoms with Gasteiger partial charge in [0.15, 0.2) is 0 Å². The quantitative estimate of drug-likeness (QED) is 0.0742. The number of amidine groups is 1. The van der Waals surface area contributed by atoms with E-state index in [2.05, 4.69) is 4.98 Å². The molecule has 0 radical (unpaired) electrons. The maximum absolute atomic E-state index is 16.0. The van der Waals surface area contributed by atoms with E-state index in [0.29, 0.717) is 11.1 Å². The second kappa shape index (κ2) is 14.9. The Labute approximate surface area is 269 Å². The number of hydrogen-bond acceptors (Lipinski definition) is 8. The average Bonchev–Trinajstić information content (AvgIpc) is 3.52. The Kier molecular flexibility index (Phi) is 11.5. The Morgan fingerprint density at radius 1 is 0.936 bits per heavy atom. The van der Waals surface area contributed by atoms with Crippen molar-refractivity contribution in [1.29, 1.82) is 5.41 Å². The van der Waals surface area contributed by atoms with Crippen LogP contribution in [0.2, 0.25) is 0 Å². The minimum atomic E-state index is -5.08. The molecule has 4 aromatic rings. The lowest BCUT2D eigenvalue weighted by molar-refractivity contribution is -0.192. The molecule has 4 rings (SSSR count). The number of nitrogens with one attached hydrogen (secondary N) is 1. The minimum Gasteiger partial charge on any atom is -0.478 e. The fourth-order valence-corrected chi connectivity index (χ4v) is 4.97. The molecule has 47 heavy (non-hydrogen) atoms. The summed E-state index contributed by atoms with van der Waals surface area (Å²) in [4.78, 5) is 26.5. The number of halogens is 5. The highest BCUT2D eigenvalue weighted by molar-refractivity contribution is 7.08. The number of nitrogens with two attached hydrogens (primary N) is 1. The monoisotopic (exact) mass is 680 g/mol. The van der Waals surface area contributed by atoms with Crippen molar-refractivity contribution in [2.45, 2.75) is 46.0 Å². The Hall–Kier alpha value is -5.25. The van der Waals surface area contributed by atoms with E-state index in [0.717, 1.165) is 5.56 Å². The zero-order valence-corrected chi connectivity index (χ0v) is 26.0. The van der Waals surface area contributed by atoms with Gasteiger partial charge in [0.1, 0.15) is 28.6 Å². The van der Waals surface area contributed by atoms with Crippen LogP contribution in [0.5, 0.6) is 23.3 Å². The van der Waals surface area contributed by atoms with Crippen molar-refractivity contribution in [3.63, 3.8) is 0 Å². The molecular formula is C31H29F5N4O6S. The number of anilines is 1. The number of aromatic carboxylic acids is 1. The molecular weight excluding hydrogens is 651 g/mol. The van der Waals surface area contributed by atoms with Gasteiger partial charge in [-0.15, -0.1) is 0 Å². The predicted molar refractivity (Wildman–Crippen MR) is 165 cm³/mol. The van der Waals surface area contributed by atoms with E-state index >= 15 is 8.78 Å². The maximum atomic E-state index is 16.0. The first-order valence-corrected chi connectivity index (χ1v) is 14.5. The van der Waals surface area contributed by atoms with Crippen molar-refractivity contribution < 1.29 is 51.2 Å². The van der Waals surface area contributed by atoms with Crippen LogP contribution < -0.4 is 20.1 Å². The smallest absolute Gasteiger partial charge is 0.478 e. The number of pyridine rings is 1. The number of ether oxygens (including phenoxy) is 2. The summed E-state index contributed by atoms with van der Waals surface area (Å²) in [6.07, 6.45) is -5.08.